The fraction of sp³-hybridized carbons (Fsp3) is 0.476. The Hall–Kier alpha value is -2.50. The number of hydrogen-bond acceptors (Lipinski definition) is 8. The van der Waals surface area contributed by atoms with Crippen molar-refractivity contribution in [2.45, 2.75) is 49.7 Å². The molecule has 3 amide bonds. The monoisotopic (exact) mass is 474 g/mol. The molecule has 2 saturated heterocycles. The van der Waals surface area contributed by atoms with Crippen molar-refractivity contribution in [3.05, 3.63) is 30.3 Å². The summed E-state index contributed by atoms with van der Waals surface area (Å²) in [5, 5.41) is 13.3. The van der Waals surface area contributed by atoms with Gasteiger partial charge in [0.1, 0.15) is 22.8 Å². The van der Waals surface area contributed by atoms with E-state index in [1.165, 1.54) is 0 Å². The highest BCUT2D eigenvalue weighted by Crippen LogP contribution is 2.37. The summed E-state index contributed by atoms with van der Waals surface area (Å²) in [5.41, 5.74) is 1.47. The van der Waals surface area contributed by atoms with Gasteiger partial charge in [0.15, 0.2) is 0 Å². The van der Waals surface area contributed by atoms with Crippen LogP contribution in [0.4, 0.5) is 5.00 Å². The first-order chi connectivity index (χ1) is 15.5. The number of hydrogen-bond donors (Lipinski definition) is 3. The van der Waals surface area contributed by atoms with Crippen molar-refractivity contribution >= 4 is 46.0 Å². The van der Waals surface area contributed by atoms with E-state index in [1.807, 2.05) is 30.3 Å². The molecule has 2 aliphatic rings. The van der Waals surface area contributed by atoms with Crippen LogP contribution in [0.3, 0.4) is 0 Å². The van der Waals surface area contributed by atoms with Crippen LogP contribution >= 0.6 is 23.3 Å². The highest BCUT2D eigenvalue weighted by atomic mass is 32.2. The van der Waals surface area contributed by atoms with Crippen LogP contribution < -0.4 is 16.0 Å². The van der Waals surface area contributed by atoms with Gasteiger partial charge in [0.25, 0.3) is 0 Å². The van der Waals surface area contributed by atoms with Gasteiger partial charge in [-0.2, -0.15) is 0 Å². The minimum Gasteiger partial charge on any atom is -0.343 e. The Balaban J connectivity index is 1.50. The van der Waals surface area contributed by atoms with Gasteiger partial charge in [-0.1, -0.05) is 34.8 Å². The summed E-state index contributed by atoms with van der Waals surface area (Å²) in [6.45, 7) is 1.74. The summed E-state index contributed by atoms with van der Waals surface area (Å²) in [6.07, 6.45) is 2.18. The first-order valence-electron chi connectivity index (χ1n) is 10.6. The van der Waals surface area contributed by atoms with E-state index in [4.69, 9.17) is 0 Å². The Bertz CT molecular complexity index is 985. The van der Waals surface area contributed by atoms with Gasteiger partial charge in [-0.25, -0.2) is 0 Å². The molecule has 2 fully saturated rings. The number of thioether (sulfide) groups is 1. The molecule has 2 aliphatic heterocycles. The molecule has 1 unspecified atom stereocenters. The van der Waals surface area contributed by atoms with E-state index in [0.717, 1.165) is 29.9 Å². The Kier molecular flexibility index (Phi) is 7.07. The molecule has 0 spiro atoms. The molecule has 0 radical (unpaired) electrons. The molecule has 0 saturated carbocycles. The summed E-state index contributed by atoms with van der Waals surface area (Å²) >= 11 is 2.73. The molecule has 3 N–H and O–H groups in total. The molecule has 0 bridgehead atoms. The number of benzene rings is 1. The van der Waals surface area contributed by atoms with Crippen LogP contribution in [0.1, 0.15) is 26.2 Å². The van der Waals surface area contributed by atoms with Crippen LogP contribution in [0.15, 0.2) is 30.3 Å². The summed E-state index contributed by atoms with van der Waals surface area (Å²) < 4.78 is 4.00. The zero-order valence-electron chi connectivity index (χ0n) is 17.9. The number of aromatic nitrogens is 2. The second kappa shape index (κ2) is 9.97. The van der Waals surface area contributed by atoms with Crippen molar-refractivity contribution < 1.29 is 14.4 Å². The van der Waals surface area contributed by atoms with Crippen molar-refractivity contribution in [1.29, 1.82) is 0 Å². The van der Waals surface area contributed by atoms with Crippen molar-refractivity contribution in [1.82, 2.24) is 25.1 Å². The molecular weight excluding hydrogens is 448 g/mol. The quantitative estimate of drug-likeness (QED) is 0.583. The first-order valence-corrected chi connectivity index (χ1v) is 12.4. The predicted octanol–water partition coefficient (Wildman–Crippen LogP) is 1.69. The maximum absolute atomic E-state index is 13.4. The predicted molar refractivity (Wildman–Crippen MR) is 125 cm³/mol. The van der Waals surface area contributed by atoms with Gasteiger partial charge in [0, 0.05) is 22.8 Å². The summed E-state index contributed by atoms with van der Waals surface area (Å²) in [6, 6.07) is 7.90. The van der Waals surface area contributed by atoms with Crippen LogP contribution in [0.25, 0.3) is 11.3 Å². The number of amides is 3. The van der Waals surface area contributed by atoms with Gasteiger partial charge in [0.2, 0.25) is 17.7 Å². The average Bonchev–Trinajstić information content (AvgIpc) is 3.41. The van der Waals surface area contributed by atoms with Gasteiger partial charge < -0.3 is 20.9 Å². The van der Waals surface area contributed by atoms with E-state index in [1.54, 1.807) is 30.6 Å². The van der Waals surface area contributed by atoms with Crippen LogP contribution in [-0.2, 0) is 14.4 Å². The number of nitrogens with one attached hydrogen (secondary N) is 3. The topological polar surface area (TPSA) is 116 Å². The number of anilines is 1. The highest BCUT2D eigenvalue weighted by Gasteiger charge is 2.45. The van der Waals surface area contributed by atoms with Gasteiger partial charge in [-0.05, 0) is 33.2 Å². The first kappa shape index (κ1) is 22.7. The minimum atomic E-state index is -0.623. The third kappa shape index (κ3) is 4.64. The van der Waals surface area contributed by atoms with E-state index >= 15 is 0 Å². The molecule has 2 aromatic rings. The van der Waals surface area contributed by atoms with Gasteiger partial charge >= 0.3 is 0 Å². The van der Waals surface area contributed by atoms with Crippen molar-refractivity contribution in [2.24, 2.45) is 0 Å². The van der Waals surface area contributed by atoms with E-state index in [-0.39, 0.29) is 23.1 Å². The number of rotatable bonds is 6. The van der Waals surface area contributed by atoms with Crippen LogP contribution in [-0.4, -0.2) is 68.5 Å². The van der Waals surface area contributed by atoms with Crippen molar-refractivity contribution in [3.63, 3.8) is 0 Å². The zero-order valence-corrected chi connectivity index (χ0v) is 19.5. The molecule has 3 heterocycles. The normalized spacial score (nSPS) is 23.9. The maximum Gasteiger partial charge on any atom is 0.248 e. The van der Waals surface area contributed by atoms with Gasteiger partial charge in [-0.15, -0.1) is 16.9 Å². The number of carbonyl (C=O) groups excluding carboxylic acids is 3. The number of likely N-dealkylation sites (N-methyl/N-ethyl adjacent to an activating group) is 1. The molecule has 4 rings (SSSR count). The summed E-state index contributed by atoms with van der Waals surface area (Å²) in [7, 11) is 1.70. The van der Waals surface area contributed by atoms with Crippen molar-refractivity contribution in [3.8, 4) is 11.3 Å². The Labute approximate surface area is 194 Å². The Morgan fingerprint density at radius 1 is 1.22 bits per heavy atom. The van der Waals surface area contributed by atoms with E-state index in [0.29, 0.717) is 22.9 Å². The molecule has 11 heteroatoms. The molecule has 1 aromatic carbocycles. The Morgan fingerprint density at radius 3 is 2.75 bits per heavy atom. The smallest absolute Gasteiger partial charge is 0.248 e. The fourth-order valence-corrected chi connectivity index (χ4v) is 5.95. The SMILES string of the molecule is CN[C@@H](C)C(=O)NC1CCC[C@@H]2SC[C@@H](C(=O)Nc3snnc3-c3ccccc3)N2C1=O. The molecule has 170 valence electrons. The van der Waals surface area contributed by atoms with Crippen molar-refractivity contribution in [2.75, 3.05) is 18.1 Å². The third-order valence-corrected chi connectivity index (χ3v) is 7.80. The highest BCUT2D eigenvalue weighted by molar-refractivity contribution is 8.00. The molecule has 1 aromatic heterocycles. The van der Waals surface area contributed by atoms with Crippen LogP contribution in [0.2, 0.25) is 0 Å². The molecule has 32 heavy (non-hydrogen) atoms. The lowest BCUT2D eigenvalue weighted by molar-refractivity contribution is -0.141. The lowest BCUT2D eigenvalue weighted by Crippen LogP contribution is -2.55. The lowest BCUT2D eigenvalue weighted by atomic mass is 10.1. The van der Waals surface area contributed by atoms with Crippen LogP contribution in [0, 0.1) is 0 Å². The fourth-order valence-electron chi connectivity index (χ4n) is 3.90. The lowest BCUT2D eigenvalue weighted by Gasteiger charge is -2.29. The third-order valence-electron chi connectivity index (χ3n) is 5.81. The molecule has 9 nitrogen and oxygen atoms in total. The number of fused-ring (bicyclic) bond motifs is 1. The van der Waals surface area contributed by atoms with Crippen LogP contribution in [0.5, 0.6) is 0 Å². The largest absolute Gasteiger partial charge is 0.343 e. The van der Waals surface area contributed by atoms with E-state index in [9.17, 15) is 14.4 Å². The Morgan fingerprint density at radius 2 is 2.00 bits per heavy atom. The second-order valence-electron chi connectivity index (χ2n) is 7.86. The molecule has 0 aliphatic carbocycles. The average molecular weight is 475 g/mol. The summed E-state index contributed by atoms with van der Waals surface area (Å²) in [4.78, 5) is 40.6. The minimum absolute atomic E-state index is 0.0601. The summed E-state index contributed by atoms with van der Waals surface area (Å²) in [5.74, 6) is -0.157. The van der Waals surface area contributed by atoms with Gasteiger partial charge in [-0.3, -0.25) is 14.4 Å². The van der Waals surface area contributed by atoms with E-state index in [2.05, 4.69) is 25.5 Å². The second-order valence-corrected chi connectivity index (χ2v) is 9.82. The number of carbonyl (C=O) groups is 3. The molecular formula is C21H26N6O3S2. The van der Waals surface area contributed by atoms with Gasteiger partial charge in [0.05, 0.1) is 11.4 Å². The standard InChI is InChI=1S/C21H26N6O3S2/c1-12(22-2)18(28)23-14-9-6-10-16-27(21(14)30)15(11-31-16)19(29)24-20-17(25-26-32-20)13-7-4-3-5-8-13/h3-5,7-8,12,14-16,22H,6,9-11H2,1-2H3,(H,23,28)(H,24,29)/t12-,14?,15-,16-/m0/s1. The maximum atomic E-state index is 13.4. The number of nitrogens with zero attached hydrogens (tertiary/aromatic N) is 3. The molecule has 4 atom stereocenters. The van der Waals surface area contributed by atoms with E-state index < -0.39 is 18.1 Å². The zero-order chi connectivity index (χ0) is 22.7.